The lowest BCUT2D eigenvalue weighted by molar-refractivity contribution is -0.930. The molecule has 2 bridgehead atoms. The van der Waals surface area contributed by atoms with Crippen LogP contribution >= 0.6 is 0 Å². The molecule has 2 aliphatic heterocycles. The van der Waals surface area contributed by atoms with Gasteiger partial charge in [-0.15, -0.1) is 0 Å². The van der Waals surface area contributed by atoms with Gasteiger partial charge in [-0.25, -0.2) is 0 Å². The van der Waals surface area contributed by atoms with Gasteiger partial charge in [0.25, 0.3) is 5.97 Å². The molecule has 0 spiro atoms. The molecule has 2 rings (SSSR count). The van der Waals surface area contributed by atoms with Crippen LogP contribution in [-0.4, -0.2) is 41.7 Å². The van der Waals surface area contributed by atoms with E-state index >= 15 is 0 Å². The van der Waals surface area contributed by atoms with Crippen LogP contribution in [0.1, 0.15) is 39.0 Å². The van der Waals surface area contributed by atoms with Gasteiger partial charge in [0.2, 0.25) is 0 Å². The average Bonchev–Trinajstić information content (AvgIpc) is 2.27. The largest absolute Gasteiger partial charge is 0.481 e. The number of aliphatic carboxylic acids is 1. The summed E-state index contributed by atoms with van der Waals surface area (Å²) in [4.78, 5) is 9.00. The standard InChI is InChI=1S/C9H18N.C2H4O2/c1-10(2)8-4-3-5-9(10)7-6-8;1-2(3)4/h8-9H,3-7H2,1-2H3;1H3,(H,3,4)/q+1;. The molecule has 2 fully saturated rings. The van der Waals surface area contributed by atoms with E-state index in [1.165, 1.54) is 36.6 Å². The van der Waals surface area contributed by atoms with Gasteiger partial charge < -0.3 is 9.59 Å². The van der Waals surface area contributed by atoms with Crippen molar-refractivity contribution < 1.29 is 14.4 Å². The number of carbonyl (C=O) groups is 1. The first kappa shape index (κ1) is 11.5. The van der Waals surface area contributed by atoms with Crippen molar-refractivity contribution in [2.24, 2.45) is 0 Å². The molecule has 1 N–H and O–H groups in total. The zero-order valence-corrected chi connectivity index (χ0v) is 9.49. The second kappa shape index (κ2) is 4.30. The van der Waals surface area contributed by atoms with E-state index in [2.05, 4.69) is 14.1 Å². The Hall–Kier alpha value is -0.570. The molecule has 0 aromatic heterocycles. The third-order valence-corrected chi connectivity index (χ3v) is 3.79. The Labute approximate surface area is 86.3 Å². The predicted molar refractivity (Wildman–Crippen MR) is 56.1 cm³/mol. The monoisotopic (exact) mass is 200 g/mol. The molecule has 2 atom stereocenters. The SMILES string of the molecule is CC(=O)O.C[N+]1(C)C2CCCC1CC2. The zero-order chi connectivity index (χ0) is 10.8. The Morgan fingerprint density at radius 1 is 1.14 bits per heavy atom. The minimum atomic E-state index is -0.833. The summed E-state index contributed by atoms with van der Waals surface area (Å²) in [5.74, 6) is -0.833. The predicted octanol–water partition coefficient (Wildman–Crippen LogP) is 1.87. The highest BCUT2D eigenvalue weighted by atomic mass is 16.4. The molecule has 3 nitrogen and oxygen atoms in total. The maximum Gasteiger partial charge on any atom is 0.300 e. The summed E-state index contributed by atoms with van der Waals surface area (Å²) >= 11 is 0. The maximum atomic E-state index is 9.00. The average molecular weight is 200 g/mol. The van der Waals surface area contributed by atoms with Gasteiger partial charge >= 0.3 is 0 Å². The highest BCUT2D eigenvalue weighted by Gasteiger charge is 2.45. The van der Waals surface area contributed by atoms with Crippen LogP contribution in [-0.2, 0) is 4.79 Å². The van der Waals surface area contributed by atoms with Crippen LogP contribution < -0.4 is 0 Å². The second-order valence-electron chi connectivity index (χ2n) is 4.96. The second-order valence-corrected chi connectivity index (χ2v) is 4.96. The number of carboxylic acids is 1. The van der Waals surface area contributed by atoms with Crippen LogP contribution in [0.25, 0.3) is 0 Å². The Morgan fingerprint density at radius 2 is 1.50 bits per heavy atom. The summed E-state index contributed by atoms with van der Waals surface area (Å²) in [6.07, 6.45) is 7.47. The minimum absolute atomic E-state index is 0.833. The molecule has 0 aromatic rings. The van der Waals surface area contributed by atoms with Gasteiger partial charge in [0, 0.05) is 19.8 Å². The Bertz CT molecular complexity index is 191. The van der Waals surface area contributed by atoms with Crippen molar-refractivity contribution in [3.8, 4) is 0 Å². The first-order valence-corrected chi connectivity index (χ1v) is 5.47. The summed E-state index contributed by atoms with van der Waals surface area (Å²) < 4.78 is 1.33. The van der Waals surface area contributed by atoms with Crippen LogP contribution in [0.4, 0.5) is 0 Å². The fourth-order valence-electron chi connectivity index (χ4n) is 2.89. The number of nitrogens with zero attached hydrogens (tertiary/aromatic N) is 1. The van der Waals surface area contributed by atoms with Crippen molar-refractivity contribution in [2.45, 2.75) is 51.1 Å². The van der Waals surface area contributed by atoms with E-state index in [4.69, 9.17) is 9.90 Å². The van der Waals surface area contributed by atoms with Gasteiger partial charge in [0.05, 0.1) is 26.2 Å². The highest BCUT2D eigenvalue weighted by molar-refractivity contribution is 5.62. The summed E-state index contributed by atoms with van der Waals surface area (Å²) in [7, 11) is 4.84. The Kier molecular flexibility index (Phi) is 3.53. The Balaban J connectivity index is 0.000000213. The third kappa shape index (κ3) is 2.47. The molecule has 0 radical (unpaired) electrons. The number of hydrogen-bond donors (Lipinski definition) is 1. The summed E-state index contributed by atoms with van der Waals surface area (Å²) in [6.45, 7) is 1.08. The lowest BCUT2D eigenvalue weighted by atomic mass is 10.0. The third-order valence-electron chi connectivity index (χ3n) is 3.79. The van der Waals surface area contributed by atoms with E-state index in [-0.39, 0.29) is 0 Å². The molecule has 0 aromatic carbocycles. The van der Waals surface area contributed by atoms with Gasteiger partial charge in [-0.05, 0) is 19.3 Å². The van der Waals surface area contributed by atoms with E-state index in [1.807, 2.05) is 0 Å². The van der Waals surface area contributed by atoms with Gasteiger partial charge in [-0.3, -0.25) is 4.79 Å². The number of quaternary nitrogens is 1. The number of hydrogen-bond acceptors (Lipinski definition) is 1. The maximum absolute atomic E-state index is 9.00. The number of rotatable bonds is 0. The normalized spacial score (nSPS) is 33.1. The quantitative estimate of drug-likeness (QED) is 0.606. The van der Waals surface area contributed by atoms with Crippen molar-refractivity contribution in [3.05, 3.63) is 0 Å². The van der Waals surface area contributed by atoms with Crippen molar-refractivity contribution in [2.75, 3.05) is 14.1 Å². The van der Waals surface area contributed by atoms with Crippen molar-refractivity contribution in [1.29, 1.82) is 0 Å². The van der Waals surface area contributed by atoms with Crippen molar-refractivity contribution >= 4 is 5.97 Å². The molecule has 3 heteroatoms. The van der Waals surface area contributed by atoms with E-state index in [9.17, 15) is 0 Å². The van der Waals surface area contributed by atoms with Gasteiger partial charge in [0.1, 0.15) is 0 Å². The Morgan fingerprint density at radius 3 is 1.79 bits per heavy atom. The summed E-state index contributed by atoms with van der Waals surface area (Å²) in [5.41, 5.74) is 0. The van der Waals surface area contributed by atoms with Crippen molar-refractivity contribution in [1.82, 2.24) is 0 Å². The zero-order valence-electron chi connectivity index (χ0n) is 9.49. The molecule has 14 heavy (non-hydrogen) atoms. The number of carboxylic acid groups (broad SMARTS) is 1. The van der Waals surface area contributed by atoms with Crippen LogP contribution in [0, 0.1) is 0 Å². The lowest BCUT2D eigenvalue weighted by Gasteiger charge is -2.41. The molecular weight excluding hydrogens is 178 g/mol. The molecule has 0 amide bonds. The van der Waals surface area contributed by atoms with Crippen molar-refractivity contribution in [3.63, 3.8) is 0 Å². The fourth-order valence-corrected chi connectivity index (χ4v) is 2.89. The fraction of sp³-hybridized carbons (Fsp3) is 0.909. The van der Waals surface area contributed by atoms with Crippen LogP contribution in [0.15, 0.2) is 0 Å². The van der Waals surface area contributed by atoms with Gasteiger partial charge in [0.15, 0.2) is 0 Å². The van der Waals surface area contributed by atoms with Gasteiger partial charge in [-0.1, -0.05) is 0 Å². The molecule has 0 saturated carbocycles. The first-order chi connectivity index (χ1) is 6.44. The molecular formula is C11H22NO2+. The van der Waals surface area contributed by atoms with Crippen LogP contribution in [0.5, 0.6) is 0 Å². The number of piperidine rings is 1. The number of fused-ring (bicyclic) bond motifs is 2. The van der Waals surface area contributed by atoms with E-state index in [0.29, 0.717) is 0 Å². The highest BCUT2D eigenvalue weighted by Crippen LogP contribution is 2.39. The first-order valence-electron chi connectivity index (χ1n) is 5.47. The van der Waals surface area contributed by atoms with E-state index < -0.39 is 5.97 Å². The lowest BCUT2D eigenvalue weighted by Crippen LogP contribution is -2.52. The summed E-state index contributed by atoms with van der Waals surface area (Å²) in [5, 5.41) is 7.42. The molecule has 2 heterocycles. The van der Waals surface area contributed by atoms with Gasteiger partial charge in [-0.2, -0.15) is 0 Å². The van der Waals surface area contributed by atoms with Crippen LogP contribution in [0.2, 0.25) is 0 Å². The van der Waals surface area contributed by atoms with E-state index in [0.717, 1.165) is 19.0 Å². The van der Waals surface area contributed by atoms with E-state index in [1.54, 1.807) is 0 Å². The smallest absolute Gasteiger partial charge is 0.300 e. The molecule has 2 aliphatic rings. The minimum Gasteiger partial charge on any atom is -0.481 e. The topological polar surface area (TPSA) is 37.3 Å². The molecule has 2 unspecified atom stereocenters. The molecule has 82 valence electrons. The van der Waals surface area contributed by atoms with Crippen LogP contribution in [0.3, 0.4) is 0 Å². The molecule has 2 saturated heterocycles. The molecule has 0 aliphatic carbocycles. The summed E-state index contributed by atoms with van der Waals surface area (Å²) in [6, 6.07) is 2.03.